The van der Waals surface area contributed by atoms with E-state index in [9.17, 15) is 5.48 Å². The van der Waals surface area contributed by atoms with Gasteiger partial charge in [-0.15, -0.1) is 0 Å². The molecule has 0 fully saturated rings. The number of hydrogen-bond donors (Lipinski definition) is 0. The fourth-order valence-electron chi connectivity index (χ4n) is 6.38. The van der Waals surface area contributed by atoms with Crippen molar-refractivity contribution in [3.8, 4) is 22.3 Å². The first-order valence-corrected chi connectivity index (χ1v) is 16.6. The Morgan fingerprint density at radius 2 is 0.784 bits per heavy atom. The molecule has 0 spiro atoms. The van der Waals surface area contributed by atoms with Crippen molar-refractivity contribution in [2.75, 3.05) is 9.80 Å². The summed E-state index contributed by atoms with van der Waals surface area (Å²) in [6.45, 7) is 0. The number of rotatable bonds is 8. The van der Waals surface area contributed by atoms with Crippen LogP contribution < -0.4 is 9.80 Å². The van der Waals surface area contributed by atoms with Crippen molar-refractivity contribution in [1.29, 1.82) is 0 Å². The standard InChI is InChI=1S/C48H34N2O/c1-4-13-39(14-5-1)49(40-15-6-2-7-16-40)42-31-27-37(28-32-42)35-23-25-36(26-24-35)38-29-33-43(34-30-38)50(41-17-8-3-9-18-41)46-21-12-20-45-44-19-10-11-22-47(44)51-48(45)46/h1-34H/i23D,24D,25D,26D,29D,30D,33D,34D. The fourth-order valence-corrected chi connectivity index (χ4v) is 6.38. The zero-order valence-electron chi connectivity index (χ0n) is 35.3. The molecular formula is C48H34N2O. The number of fused-ring (bicyclic) bond motifs is 3. The summed E-state index contributed by atoms with van der Waals surface area (Å²) >= 11 is 0. The number of furan rings is 1. The molecule has 242 valence electrons. The monoisotopic (exact) mass is 662 g/mol. The maximum absolute atomic E-state index is 9.39. The Morgan fingerprint density at radius 3 is 1.37 bits per heavy atom. The molecule has 1 aromatic heterocycles. The van der Waals surface area contributed by atoms with Crippen molar-refractivity contribution in [1.82, 2.24) is 0 Å². The molecule has 9 rings (SSSR count). The second-order valence-corrected chi connectivity index (χ2v) is 11.9. The lowest BCUT2D eigenvalue weighted by Crippen LogP contribution is -2.10. The Bertz CT molecular complexity index is 2930. The maximum Gasteiger partial charge on any atom is 0.159 e. The van der Waals surface area contributed by atoms with E-state index >= 15 is 0 Å². The SMILES string of the molecule is [2H]c1c([2H])c(-c2c([2H])c([2H])c(N(c3ccccc3)c3cccc4c3oc3ccccc34)c([2H])c2[2H])c([2H])c([2H])c1-c1ccc(N(c2ccccc2)c2ccccc2)cc1. The minimum atomic E-state index is -0.501. The van der Waals surface area contributed by atoms with Crippen LogP contribution in [-0.2, 0) is 0 Å². The highest BCUT2D eigenvalue weighted by atomic mass is 16.3. The Morgan fingerprint density at radius 1 is 0.333 bits per heavy atom. The molecule has 8 aromatic carbocycles. The van der Waals surface area contributed by atoms with E-state index in [1.807, 2.05) is 127 Å². The third kappa shape index (κ3) is 5.81. The summed E-state index contributed by atoms with van der Waals surface area (Å²) in [6.07, 6.45) is 0. The topological polar surface area (TPSA) is 19.6 Å². The van der Waals surface area contributed by atoms with Crippen molar-refractivity contribution >= 4 is 56.1 Å². The summed E-state index contributed by atoms with van der Waals surface area (Å²) < 4.78 is 80.4. The lowest BCUT2D eigenvalue weighted by molar-refractivity contribution is 0.669. The van der Waals surface area contributed by atoms with Crippen LogP contribution in [0.3, 0.4) is 0 Å². The normalized spacial score (nSPS) is 13.3. The summed E-state index contributed by atoms with van der Waals surface area (Å²) in [5, 5.41) is 1.70. The number of nitrogens with zero attached hydrogens (tertiary/aromatic N) is 2. The first-order valence-electron chi connectivity index (χ1n) is 20.6. The molecule has 9 aromatic rings. The van der Waals surface area contributed by atoms with Crippen LogP contribution in [0.5, 0.6) is 0 Å². The van der Waals surface area contributed by atoms with Gasteiger partial charge in [-0.05, 0) is 95.0 Å². The summed E-state index contributed by atoms with van der Waals surface area (Å²) in [5.74, 6) is 0. The van der Waals surface area contributed by atoms with Gasteiger partial charge in [0.1, 0.15) is 5.58 Å². The van der Waals surface area contributed by atoms with E-state index in [4.69, 9.17) is 9.90 Å². The summed E-state index contributed by atoms with van der Waals surface area (Å²) in [7, 11) is 0. The van der Waals surface area contributed by atoms with Gasteiger partial charge in [-0.2, -0.15) is 0 Å². The average Bonchev–Trinajstić information content (AvgIpc) is 3.66. The van der Waals surface area contributed by atoms with Crippen LogP contribution in [0.15, 0.2) is 210 Å². The van der Waals surface area contributed by atoms with E-state index in [-0.39, 0.29) is 34.5 Å². The molecule has 0 saturated carbocycles. The van der Waals surface area contributed by atoms with Crippen molar-refractivity contribution in [2.45, 2.75) is 0 Å². The Labute approximate surface area is 309 Å². The predicted molar refractivity (Wildman–Crippen MR) is 214 cm³/mol. The second-order valence-electron chi connectivity index (χ2n) is 11.9. The van der Waals surface area contributed by atoms with Crippen LogP contribution in [-0.4, -0.2) is 0 Å². The average molecular weight is 663 g/mol. The molecule has 0 aliphatic heterocycles. The van der Waals surface area contributed by atoms with Crippen LogP contribution >= 0.6 is 0 Å². The molecule has 0 atom stereocenters. The molecule has 3 nitrogen and oxygen atoms in total. The van der Waals surface area contributed by atoms with Gasteiger partial charge in [0, 0.05) is 39.2 Å². The van der Waals surface area contributed by atoms with E-state index < -0.39 is 36.3 Å². The van der Waals surface area contributed by atoms with Crippen LogP contribution in [0.4, 0.5) is 34.1 Å². The van der Waals surface area contributed by atoms with Gasteiger partial charge < -0.3 is 14.2 Å². The van der Waals surface area contributed by atoms with Crippen LogP contribution in [0.1, 0.15) is 11.0 Å². The largest absolute Gasteiger partial charge is 0.454 e. The highest BCUT2D eigenvalue weighted by molar-refractivity contribution is 6.10. The summed E-state index contributed by atoms with van der Waals surface area (Å²) in [5.41, 5.74) is 4.71. The van der Waals surface area contributed by atoms with Crippen molar-refractivity contribution in [3.05, 3.63) is 206 Å². The molecule has 1 heterocycles. The predicted octanol–water partition coefficient (Wildman–Crippen LogP) is 13.9. The fraction of sp³-hybridized carbons (Fsp3) is 0. The minimum Gasteiger partial charge on any atom is -0.454 e. The van der Waals surface area contributed by atoms with Gasteiger partial charge >= 0.3 is 0 Å². The Kier molecular flexibility index (Phi) is 5.89. The molecule has 51 heavy (non-hydrogen) atoms. The molecule has 0 aliphatic rings. The number of para-hydroxylation sites is 5. The van der Waals surface area contributed by atoms with Gasteiger partial charge in [0.15, 0.2) is 5.58 Å². The van der Waals surface area contributed by atoms with Gasteiger partial charge in [-0.1, -0.05) is 133 Å². The van der Waals surface area contributed by atoms with Crippen molar-refractivity contribution < 1.29 is 15.4 Å². The molecule has 0 unspecified atom stereocenters. The summed E-state index contributed by atoms with van der Waals surface area (Å²) in [6, 6.07) is 45.7. The lowest BCUT2D eigenvalue weighted by atomic mass is 9.99. The number of hydrogen-bond acceptors (Lipinski definition) is 3. The van der Waals surface area contributed by atoms with Gasteiger partial charge in [-0.25, -0.2) is 0 Å². The molecule has 0 radical (unpaired) electrons. The third-order valence-corrected chi connectivity index (χ3v) is 8.79. The van der Waals surface area contributed by atoms with Gasteiger partial charge in [0.25, 0.3) is 0 Å². The van der Waals surface area contributed by atoms with Crippen LogP contribution in [0, 0.1) is 0 Å². The molecule has 3 heteroatoms. The first kappa shape index (κ1) is 22.7. The van der Waals surface area contributed by atoms with E-state index in [1.165, 1.54) is 0 Å². The van der Waals surface area contributed by atoms with Crippen LogP contribution in [0.25, 0.3) is 44.2 Å². The smallest absolute Gasteiger partial charge is 0.159 e. The van der Waals surface area contributed by atoms with Gasteiger partial charge in [0.2, 0.25) is 0 Å². The molecule has 0 amide bonds. The molecule has 0 saturated heterocycles. The number of benzene rings is 8. The first-order chi connectivity index (χ1) is 28.7. The third-order valence-electron chi connectivity index (χ3n) is 8.79. The van der Waals surface area contributed by atoms with Crippen molar-refractivity contribution in [3.63, 3.8) is 0 Å². The van der Waals surface area contributed by atoms with E-state index in [2.05, 4.69) is 4.90 Å². The molecule has 0 bridgehead atoms. The Balaban J connectivity index is 1.17. The number of anilines is 6. The van der Waals surface area contributed by atoms with Gasteiger partial charge in [0.05, 0.1) is 16.7 Å². The van der Waals surface area contributed by atoms with E-state index in [0.29, 0.717) is 28.1 Å². The van der Waals surface area contributed by atoms with Crippen molar-refractivity contribution in [2.24, 2.45) is 0 Å². The quantitative estimate of drug-likeness (QED) is 0.161. The lowest BCUT2D eigenvalue weighted by Gasteiger charge is -2.25. The Hall–Kier alpha value is -6.84. The second kappa shape index (κ2) is 13.2. The minimum absolute atomic E-state index is 0.0577. The zero-order chi connectivity index (χ0) is 40.9. The molecular weight excluding hydrogens is 621 g/mol. The maximum atomic E-state index is 9.39. The zero-order valence-corrected chi connectivity index (χ0v) is 27.3. The van der Waals surface area contributed by atoms with Gasteiger partial charge in [-0.3, -0.25) is 0 Å². The van der Waals surface area contributed by atoms with E-state index in [1.54, 1.807) is 35.2 Å². The molecule has 0 aliphatic carbocycles. The van der Waals surface area contributed by atoms with E-state index in [0.717, 1.165) is 27.8 Å². The highest BCUT2D eigenvalue weighted by Crippen LogP contribution is 2.42. The highest BCUT2D eigenvalue weighted by Gasteiger charge is 2.19. The summed E-state index contributed by atoms with van der Waals surface area (Å²) in [4.78, 5) is 3.71. The van der Waals surface area contributed by atoms with Crippen LogP contribution in [0.2, 0.25) is 0 Å². The molecule has 0 N–H and O–H groups in total.